The molecule has 9 nitrogen and oxygen atoms in total. The van der Waals surface area contributed by atoms with Gasteiger partial charge in [-0.25, -0.2) is 8.42 Å². The van der Waals surface area contributed by atoms with E-state index in [0.717, 1.165) is 5.75 Å². The molecule has 0 unspecified atom stereocenters. The maximum atomic E-state index is 13.0. The zero-order valence-corrected chi connectivity index (χ0v) is 19.2. The van der Waals surface area contributed by atoms with Crippen LogP contribution in [0.1, 0.15) is 23.2 Å². The second kappa shape index (κ2) is 9.63. The van der Waals surface area contributed by atoms with Gasteiger partial charge < -0.3 is 18.9 Å². The second-order valence-electron chi connectivity index (χ2n) is 7.51. The van der Waals surface area contributed by atoms with Gasteiger partial charge in [0.15, 0.2) is 0 Å². The molecule has 0 aliphatic carbocycles. The molecular weight excluding hydrogens is 446 g/mol. The van der Waals surface area contributed by atoms with Gasteiger partial charge in [-0.05, 0) is 62.4 Å². The van der Waals surface area contributed by atoms with Gasteiger partial charge in [0.1, 0.15) is 17.2 Å². The summed E-state index contributed by atoms with van der Waals surface area (Å²) >= 11 is 0. The monoisotopic (exact) mass is 471 g/mol. The first-order valence-corrected chi connectivity index (χ1v) is 12.0. The number of amides is 1. The van der Waals surface area contributed by atoms with Gasteiger partial charge in [-0.15, -0.1) is 0 Å². The number of ether oxygens (including phenoxy) is 2. The first-order valence-electron chi connectivity index (χ1n) is 10.6. The fourth-order valence-corrected chi connectivity index (χ4v) is 4.91. The van der Waals surface area contributed by atoms with E-state index in [0.29, 0.717) is 23.8 Å². The normalized spacial score (nSPS) is 14.8. The second-order valence-corrected chi connectivity index (χ2v) is 9.44. The van der Waals surface area contributed by atoms with Crippen molar-refractivity contribution in [3.8, 4) is 17.2 Å². The predicted molar refractivity (Wildman–Crippen MR) is 120 cm³/mol. The number of benzene rings is 2. The lowest BCUT2D eigenvalue weighted by atomic mass is 10.3. The molecule has 2 aromatic carbocycles. The number of rotatable bonds is 7. The third-order valence-corrected chi connectivity index (χ3v) is 7.11. The minimum absolute atomic E-state index is 0.159. The Balaban J connectivity index is 1.37. The minimum atomic E-state index is -3.69. The average Bonchev–Trinajstić information content (AvgIpc) is 3.27. The average molecular weight is 472 g/mol. The van der Waals surface area contributed by atoms with Gasteiger partial charge in [-0.1, -0.05) is 5.16 Å². The molecule has 0 radical (unpaired) electrons. The highest BCUT2D eigenvalue weighted by Crippen LogP contribution is 2.26. The molecule has 3 aromatic rings. The van der Waals surface area contributed by atoms with Gasteiger partial charge in [-0.2, -0.15) is 4.31 Å². The van der Waals surface area contributed by atoms with E-state index in [2.05, 4.69) is 5.16 Å². The van der Waals surface area contributed by atoms with Gasteiger partial charge >= 0.3 is 0 Å². The lowest BCUT2D eigenvalue weighted by Crippen LogP contribution is -2.50. The first-order chi connectivity index (χ1) is 15.9. The summed E-state index contributed by atoms with van der Waals surface area (Å²) in [7, 11) is -3.69. The number of carbonyl (C=O) groups excluding carboxylic acids is 1. The van der Waals surface area contributed by atoms with Crippen LogP contribution in [0.5, 0.6) is 17.2 Å². The summed E-state index contributed by atoms with van der Waals surface area (Å²) in [4.78, 5) is 14.2. The largest absolute Gasteiger partial charge is 0.494 e. The van der Waals surface area contributed by atoms with E-state index in [9.17, 15) is 13.2 Å². The molecule has 0 atom stereocenters. The van der Waals surface area contributed by atoms with Gasteiger partial charge in [0.25, 0.3) is 5.91 Å². The maximum absolute atomic E-state index is 13.0. The molecule has 1 aromatic heterocycles. The standard InChI is InChI=1S/C23H25N3O6S/c1-3-30-18-4-6-19(7-5-18)31-20-8-10-21(11-9-20)33(28,29)26-14-12-25(13-15-26)23(27)22-16-17(2)24-32-22/h4-11,16H,3,12-15H2,1-2H3. The molecule has 1 aliphatic heterocycles. The number of carbonyl (C=O) groups is 1. The summed E-state index contributed by atoms with van der Waals surface area (Å²) in [5.41, 5.74) is 0.620. The molecule has 4 rings (SSSR count). The van der Waals surface area contributed by atoms with Crippen LogP contribution < -0.4 is 9.47 Å². The third-order valence-electron chi connectivity index (χ3n) is 5.20. The van der Waals surface area contributed by atoms with Crippen LogP contribution in [0.25, 0.3) is 0 Å². The predicted octanol–water partition coefficient (Wildman–Crippen LogP) is 3.32. The minimum Gasteiger partial charge on any atom is -0.494 e. The first kappa shape index (κ1) is 22.8. The number of aryl methyl sites for hydroxylation is 1. The van der Waals surface area contributed by atoms with E-state index in [1.165, 1.54) is 16.4 Å². The van der Waals surface area contributed by atoms with E-state index < -0.39 is 10.0 Å². The Morgan fingerprint density at radius 3 is 2.09 bits per heavy atom. The third kappa shape index (κ3) is 5.18. The Morgan fingerprint density at radius 1 is 0.970 bits per heavy atom. The molecule has 0 bridgehead atoms. The van der Waals surface area contributed by atoms with Gasteiger partial charge in [0, 0.05) is 32.2 Å². The number of hydrogen-bond acceptors (Lipinski definition) is 7. The molecule has 174 valence electrons. The van der Waals surface area contributed by atoms with E-state index in [4.69, 9.17) is 14.0 Å². The van der Waals surface area contributed by atoms with Crippen molar-refractivity contribution in [2.24, 2.45) is 0 Å². The van der Waals surface area contributed by atoms with Crippen molar-refractivity contribution in [2.45, 2.75) is 18.7 Å². The van der Waals surface area contributed by atoms with Crippen molar-refractivity contribution < 1.29 is 27.2 Å². The van der Waals surface area contributed by atoms with Crippen LogP contribution in [0.3, 0.4) is 0 Å². The van der Waals surface area contributed by atoms with Crippen LogP contribution in [-0.2, 0) is 10.0 Å². The van der Waals surface area contributed by atoms with Gasteiger partial charge in [-0.3, -0.25) is 4.79 Å². The summed E-state index contributed by atoms with van der Waals surface area (Å²) < 4.78 is 43.7. The fraction of sp³-hybridized carbons (Fsp3) is 0.304. The highest BCUT2D eigenvalue weighted by molar-refractivity contribution is 7.89. The molecule has 1 saturated heterocycles. The summed E-state index contributed by atoms with van der Waals surface area (Å²) in [5.74, 6) is 1.77. The van der Waals surface area contributed by atoms with Crippen molar-refractivity contribution in [3.05, 3.63) is 66.1 Å². The highest BCUT2D eigenvalue weighted by atomic mass is 32.2. The SMILES string of the molecule is CCOc1ccc(Oc2ccc(S(=O)(=O)N3CCN(C(=O)c4cc(C)no4)CC3)cc2)cc1. The molecule has 0 spiro atoms. The summed E-state index contributed by atoms with van der Waals surface area (Å²) in [6.45, 7) is 5.19. The van der Waals surface area contributed by atoms with E-state index >= 15 is 0 Å². The fourth-order valence-electron chi connectivity index (χ4n) is 3.49. The summed E-state index contributed by atoms with van der Waals surface area (Å²) in [6.07, 6.45) is 0. The Kier molecular flexibility index (Phi) is 6.66. The summed E-state index contributed by atoms with van der Waals surface area (Å²) in [5, 5.41) is 3.73. The molecule has 2 heterocycles. The lowest BCUT2D eigenvalue weighted by molar-refractivity contribution is 0.0656. The number of piperazine rings is 1. The van der Waals surface area contributed by atoms with Crippen molar-refractivity contribution in [2.75, 3.05) is 32.8 Å². The van der Waals surface area contributed by atoms with E-state index in [1.54, 1.807) is 42.2 Å². The number of aromatic nitrogens is 1. The van der Waals surface area contributed by atoms with Gasteiger partial charge in [0.05, 0.1) is 17.2 Å². The zero-order valence-electron chi connectivity index (χ0n) is 18.4. The van der Waals surface area contributed by atoms with E-state index in [1.807, 2.05) is 19.1 Å². The Morgan fingerprint density at radius 2 is 1.55 bits per heavy atom. The van der Waals surface area contributed by atoms with Crippen molar-refractivity contribution in [1.82, 2.24) is 14.4 Å². The number of nitrogens with zero attached hydrogens (tertiary/aromatic N) is 3. The molecular formula is C23H25N3O6S. The van der Waals surface area contributed by atoms with Crippen LogP contribution in [0.2, 0.25) is 0 Å². The molecule has 10 heteroatoms. The highest BCUT2D eigenvalue weighted by Gasteiger charge is 2.31. The maximum Gasteiger partial charge on any atom is 0.292 e. The van der Waals surface area contributed by atoms with Crippen LogP contribution in [-0.4, -0.2) is 61.5 Å². The summed E-state index contributed by atoms with van der Waals surface area (Å²) in [6, 6.07) is 15.1. The topological polar surface area (TPSA) is 102 Å². The zero-order chi connectivity index (χ0) is 23.4. The molecule has 1 amide bonds. The smallest absolute Gasteiger partial charge is 0.292 e. The van der Waals surface area contributed by atoms with E-state index in [-0.39, 0.29) is 42.7 Å². The van der Waals surface area contributed by atoms with Crippen LogP contribution in [0, 0.1) is 6.92 Å². The van der Waals surface area contributed by atoms with Crippen molar-refractivity contribution >= 4 is 15.9 Å². The Hall–Kier alpha value is -3.37. The number of sulfonamides is 1. The van der Waals surface area contributed by atoms with Crippen molar-refractivity contribution in [3.63, 3.8) is 0 Å². The molecule has 0 saturated carbocycles. The van der Waals surface area contributed by atoms with Crippen LogP contribution in [0.4, 0.5) is 0 Å². The van der Waals surface area contributed by atoms with Gasteiger partial charge in [0.2, 0.25) is 15.8 Å². The lowest BCUT2D eigenvalue weighted by Gasteiger charge is -2.33. The Bertz CT molecular complexity index is 1200. The van der Waals surface area contributed by atoms with Crippen molar-refractivity contribution in [1.29, 1.82) is 0 Å². The number of hydrogen-bond donors (Lipinski definition) is 0. The molecule has 1 aliphatic rings. The molecule has 1 fully saturated rings. The molecule has 0 N–H and O–H groups in total. The molecule has 33 heavy (non-hydrogen) atoms. The Labute approximate surface area is 192 Å². The van der Waals surface area contributed by atoms with Crippen LogP contribution in [0.15, 0.2) is 64.0 Å². The quantitative estimate of drug-likeness (QED) is 0.521. The van der Waals surface area contributed by atoms with Crippen LogP contribution >= 0.6 is 0 Å².